The third-order valence-corrected chi connectivity index (χ3v) is 6.17. The Balaban J connectivity index is 1.56. The van der Waals surface area contributed by atoms with Gasteiger partial charge in [-0.15, -0.1) is 11.3 Å². The van der Waals surface area contributed by atoms with Crippen LogP contribution in [0.1, 0.15) is 43.3 Å². The third-order valence-electron chi connectivity index (χ3n) is 5.13. The SMILES string of the molecule is CCC1CCc2nc(NC(=O)C(C)n3c(=O)oc4ccccc43)sc2C1. The van der Waals surface area contributed by atoms with Gasteiger partial charge in [-0.1, -0.05) is 25.5 Å². The van der Waals surface area contributed by atoms with Crippen LogP contribution in [0.5, 0.6) is 0 Å². The van der Waals surface area contributed by atoms with Crippen molar-refractivity contribution < 1.29 is 9.21 Å². The Hall–Kier alpha value is -2.41. The fraction of sp³-hybridized carbons (Fsp3) is 0.421. The van der Waals surface area contributed by atoms with Gasteiger partial charge in [0.15, 0.2) is 10.7 Å². The Morgan fingerprint density at radius 2 is 2.27 bits per heavy atom. The normalized spacial score (nSPS) is 17.8. The number of carbonyl (C=O) groups is 1. The number of aryl methyl sites for hydroxylation is 1. The predicted molar refractivity (Wildman–Crippen MR) is 102 cm³/mol. The zero-order valence-electron chi connectivity index (χ0n) is 14.8. The summed E-state index contributed by atoms with van der Waals surface area (Å²) in [6, 6.07) is 6.42. The summed E-state index contributed by atoms with van der Waals surface area (Å²) in [4.78, 5) is 30.7. The van der Waals surface area contributed by atoms with E-state index < -0.39 is 11.8 Å². The van der Waals surface area contributed by atoms with Crippen LogP contribution in [0, 0.1) is 5.92 Å². The maximum absolute atomic E-state index is 12.7. The number of nitrogens with zero attached hydrogens (tertiary/aromatic N) is 2. The number of rotatable bonds is 4. The fourth-order valence-corrected chi connectivity index (χ4v) is 4.65. The molecule has 2 aromatic heterocycles. The van der Waals surface area contributed by atoms with Gasteiger partial charge in [-0.25, -0.2) is 9.78 Å². The Bertz CT molecular complexity index is 1020. The number of para-hydroxylation sites is 2. The molecule has 0 spiro atoms. The van der Waals surface area contributed by atoms with Gasteiger partial charge in [-0.05, 0) is 44.2 Å². The molecule has 2 unspecified atom stereocenters. The lowest BCUT2D eigenvalue weighted by Crippen LogP contribution is -2.29. The minimum atomic E-state index is -0.685. The van der Waals surface area contributed by atoms with Gasteiger partial charge in [0.1, 0.15) is 6.04 Å². The molecule has 1 aromatic carbocycles. The molecule has 6 nitrogen and oxygen atoms in total. The molecule has 0 bridgehead atoms. The lowest BCUT2D eigenvalue weighted by Gasteiger charge is -2.18. The van der Waals surface area contributed by atoms with E-state index in [-0.39, 0.29) is 5.91 Å². The van der Waals surface area contributed by atoms with Crippen LogP contribution in [0.4, 0.5) is 5.13 Å². The molecule has 4 rings (SSSR count). The summed E-state index contributed by atoms with van der Waals surface area (Å²) in [5.74, 6) is -0.0869. The Morgan fingerprint density at radius 3 is 3.08 bits per heavy atom. The van der Waals surface area contributed by atoms with Crippen LogP contribution in [0.3, 0.4) is 0 Å². The molecule has 7 heteroatoms. The number of aromatic nitrogens is 2. The lowest BCUT2D eigenvalue weighted by atomic mass is 9.89. The molecule has 0 radical (unpaired) electrons. The first-order chi connectivity index (χ1) is 12.6. The quantitative estimate of drug-likeness (QED) is 0.757. The maximum atomic E-state index is 12.7. The van der Waals surface area contributed by atoms with Crippen molar-refractivity contribution in [2.75, 3.05) is 5.32 Å². The summed E-state index contributed by atoms with van der Waals surface area (Å²) in [5.41, 5.74) is 2.20. The Labute approximate surface area is 154 Å². The molecule has 0 saturated carbocycles. The molecule has 2 atom stereocenters. The molecule has 1 N–H and O–H groups in total. The van der Waals surface area contributed by atoms with Gasteiger partial charge in [-0.3, -0.25) is 9.36 Å². The molecule has 2 heterocycles. The molecule has 1 aliphatic rings. The maximum Gasteiger partial charge on any atom is 0.420 e. The minimum absolute atomic E-state index is 0.267. The van der Waals surface area contributed by atoms with Crippen molar-refractivity contribution in [3.05, 3.63) is 45.4 Å². The summed E-state index contributed by atoms with van der Waals surface area (Å²) >= 11 is 1.55. The smallest absolute Gasteiger partial charge is 0.408 e. The first kappa shape index (κ1) is 17.0. The topological polar surface area (TPSA) is 77.1 Å². The largest absolute Gasteiger partial charge is 0.420 e. The number of carbonyl (C=O) groups excluding carboxylic acids is 1. The van der Waals surface area contributed by atoms with E-state index in [0.29, 0.717) is 22.1 Å². The van der Waals surface area contributed by atoms with Crippen LogP contribution in [0.15, 0.2) is 33.5 Å². The van der Waals surface area contributed by atoms with E-state index in [0.717, 1.165) is 25.0 Å². The molecule has 26 heavy (non-hydrogen) atoms. The van der Waals surface area contributed by atoms with Crippen molar-refractivity contribution in [3.8, 4) is 0 Å². The summed E-state index contributed by atoms with van der Waals surface area (Å²) < 4.78 is 6.61. The molecule has 1 aliphatic carbocycles. The van der Waals surface area contributed by atoms with Crippen LogP contribution in [0.2, 0.25) is 0 Å². The number of anilines is 1. The highest BCUT2D eigenvalue weighted by Gasteiger charge is 2.25. The van der Waals surface area contributed by atoms with Crippen LogP contribution >= 0.6 is 11.3 Å². The predicted octanol–water partition coefficient (Wildman–Crippen LogP) is 3.77. The summed E-state index contributed by atoms with van der Waals surface area (Å²) in [6.07, 6.45) is 4.35. The number of thiazole rings is 1. The average molecular weight is 371 g/mol. The van der Waals surface area contributed by atoms with E-state index in [1.807, 2.05) is 6.07 Å². The second-order valence-electron chi connectivity index (χ2n) is 6.78. The average Bonchev–Trinajstić information content (AvgIpc) is 3.19. The van der Waals surface area contributed by atoms with Crippen molar-refractivity contribution >= 4 is 33.5 Å². The molecular weight excluding hydrogens is 350 g/mol. The summed E-state index contributed by atoms with van der Waals surface area (Å²) in [5, 5.41) is 3.49. The lowest BCUT2D eigenvalue weighted by molar-refractivity contribution is -0.118. The van der Waals surface area contributed by atoms with E-state index in [2.05, 4.69) is 17.2 Å². The molecule has 1 amide bonds. The standard InChI is InChI=1S/C19H21N3O3S/c1-3-12-8-9-13-16(10-12)26-18(20-13)21-17(23)11(2)22-14-6-4-5-7-15(14)25-19(22)24/h4-7,11-12H,3,8-10H2,1-2H3,(H,20,21,23). The van der Waals surface area contributed by atoms with Crippen LogP contribution < -0.4 is 11.1 Å². The van der Waals surface area contributed by atoms with Gasteiger partial charge >= 0.3 is 5.76 Å². The van der Waals surface area contributed by atoms with E-state index >= 15 is 0 Å². The van der Waals surface area contributed by atoms with Crippen LogP contribution in [-0.2, 0) is 17.6 Å². The zero-order chi connectivity index (χ0) is 18.3. The van der Waals surface area contributed by atoms with Gasteiger partial charge in [0.2, 0.25) is 5.91 Å². The van der Waals surface area contributed by atoms with Crippen molar-refractivity contribution in [2.24, 2.45) is 5.92 Å². The van der Waals surface area contributed by atoms with Gasteiger partial charge in [0, 0.05) is 4.88 Å². The van der Waals surface area contributed by atoms with E-state index in [1.165, 1.54) is 15.9 Å². The summed E-state index contributed by atoms with van der Waals surface area (Å²) in [7, 11) is 0. The van der Waals surface area contributed by atoms with Gasteiger partial charge in [-0.2, -0.15) is 0 Å². The highest BCUT2D eigenvalue weighted by Crippen LogP contribution is 2.33. The first-order valence-corrected chi connectivity index (χ1v) is 9.78. The number of hydrogen-bond donors (Lipinski definition) is 1. The molecule has 0 fully saturated rings. The monoisotopic (exact) mass is 371 g/mol. The zero-order valence-corrected chi connectivity index (χ0v) is 15.6. The summed E-state index contributed by atoms with van der Waals surface area (Å²) in [6.45, 7) is 3.91. The van der Waals surface area contributed by atoms with Gasteiger partial charge < -0.3 is 9.73 Å². The molecule has 3 aromatic rings. The fourth-order valence-electron chi connectivity index (χ4n) is 3.52. The van der Waals surface area contributed by atoms with Crippen LogP contribution in [-0.4, -0.2) is 15.5 Å². The van der Waals surface area contributed by atoms with Gasteiger partial charge in [0.05, 0.1) is 11.2 Å². The second kappa shape index (κ2) is 6.72. The number of oxazole rings is 1. The van der Waals surface area contributed by atoms with Crippen molar-refractivity contribution in [1.29, 1.82) is 0 Å². The minimum Gasteiger partial charge on any atom is -0.408 e. The molecule has 0 saturated heterocycles. The molecular formula is C19H21N3O3S. The molecule has 0 aliphatic heterocycles. The van der Waals surface area contributed by atoms with E-state index in [4.69, 9.17) is 4.42 Å². The van der Waals surface area contributed by atoms with Crippen molar-refractivity contribution in [1.82, 2.24) is 9.55 Å². The highest BCUT2D eigenvalue weighted by atomic mass is 32.1. The highest BCUT2D eigenvalue weighted by molar-refractivity contribution is 7.15. The van der Waals surface area contributed by atoms with Crippen molar-refractivity contribution in [3.63, 3.8) is 0 Å². The van der Waals surface area contributed by atoms with Crippen LogP contribution in [0.25, 0.3) is 11.1 Å². The number of fused-ring (bicyclic) bond motifs is 2. The van der Waals surface area contributed by atoms with Gasteiger partial charge in [0.25, 0.3) is 0 Å². The second-order valence-corrected chi connectivity index (χ2v) is 7.86. The van der Waals surface area contributed by atoms with E-state index in [1.54, 1.807) is 36.5 Å². The first-order valence-electron chi connectivity index (χ1n) is 8.96. The Kier molecular flexibility index (Phi) is 4.40. The molecule has 136 valence electrons. The number of hydrogen-bond acceptors (Lipinski definition) is 5. The number of benzene rings is 1. The Morgan fingerprint density at radius 1 is 1.46 bits per heavy atom. The number of nitrogens with one attached hydrogen (secondary N) is 1. The van der Waals surface area contributed by atoms with Crippen molar-refractivity contribution in [2.45, 2.75) is 45.6 Å². The van der Waals surface area contributed by atoms with E-state index in [9.17, 15) is 9.59 Å². The number of amides is 1. The third kappa shape index (κ3) is 2.96.